The number of hydrogen-bond donors (Lipinski definition) is 1. The minimum Gasteiger partial charge on any atom is -0.463 e. The van der Waals surface area contributed by atoms with Gasteiger partial charge in [0.25, 0.3) is 0 Å². The van der Waals surface area contributed by atoms with E-state index in [1.54, 1.807) is 12.1 Å². The van der Waals surface area contributed by atoms with Crippen LogP contribution in [0.5, 0.6) is 0 Å². The highest BCUT2D eigenvalue weighted by atomic mass is 16.3. The number of aromatic nitrogens is 2. The number of rotatable bonds is 2. The number of anilines is 1. The third-order valence-corrected chi connectivity index (χ3v) is 2.20. The summed E-state index contributed by atoms with van der Waals surface area (Å²) in [7, 11) is 0. The molecule has 0 amide bonds. The number of aryl methyl sites for hydroxylation is 1. The van der Waals surface area contributed by atoms with Gasteiger partial charge in [-0.25, -0.2) is 9.97 Å². The molecule has 0 aliphatic rings. The minimum atomic E-state index is 0.155. The van der Waals surface area contributed by atoms with Crippen LogP contribution in [0.2, 0.25) is 0 Å². The largest absolute Gasteiger partial charge is 0.463 e. The molecular weight excluding hydrogens is 204 g/mol. The average molecular weight is 214 g/mol. The Morgan fingerprint density at radius 2 is 2.31 bits per heavy atom. The summed E-state index contributed by atoms with van der Waals surface area (Å²) >= 11 is 0. The second-order valence-electron chi connectivity index (χ2n) is 3.19. The van der Waals surface area contributed by atoms with Crippen molar-refractivity contribution >= 4 is 5.95 Å². The van der Waals surface area contributed by atoms with Crippen LogP contribution in [0.15, 0.2) is 22.8 Å². The van der Waals surface area contributed by atoms with E-state index in [-0.39, 0.29) is 5.95 Å². The van der Waals surface area contributed by atoms with Crippen molar-refractivity contribution in [3.05, 3.63) is 29.7 Å². The van der Waals surface area contributed by atoms with Gasteiger partial charge in [0, 0.05) is 0 Å². The van der Waals surface area contributed by atoms with Crippen LogP contribution in [-0.2, 0) is 6.42 Å². The monoisotopic (exact) mass is 214 g/mol. The van der Waals surface area contributed by atoms with Crippen molar-refractivity contribution in [1.82, 2.24) is 9.97 Å². The third-order valence-electron chi connectivity index (χ3n) is 2.20. The second kappa shape index (κ2) is 4.03. The molecule has 2 aromatic heterocycles. The molecule has 2 N–H and O–H groups in total. The van der Waals surface area contributed by atoms with Crippen molar-refractivity contribution in [3.63, 3.8) is 0 Å². The van der Waals surface area contributed by atoms with E-state index < -0.39 is 0 Å². The smallest absolute Gasteiger partial charge is 0.220 e. The van der Waals surface area contributed by atoms with Crippen LogP contribution in [0.25, 0.3) is 11.5 Å². The van der Waals surface area contributed by atoms with Gasteiger partial charge in [0.2, 0.25) is 5.95 Å². The van der Waals surface area contributed by atoms with Crippen molar-refractivity contribution < 1.29 is 4.42 Å². The van der Waals surface area contributed by atoms with Gasteiger partial charge >= 0.3 is 0 Å². The van der Waals surface area contributed by atoms with E-state index in [4.69, 9.17) is 15.4 Å². The molecule has 0 radical (unpaired) electrons. The topological polar surface area (TPSA) is 88.7 Å². The molecule has 0 aromatic carbocycles. The van der Waals surface area contributed by atoms with Crippen molar-refractivity contribution in [2.24, 2.45) is 0 Å². The summed E-state index contributed by atoms with van der Waals surface area (Å²) < 4.78 is 5.22. The maximum atomic E-state index is 9.11. The summed E-state index contributed by atoms with van der Waals surface area (Å²) in [4.78, 5) is 8.08. The molecule has 0 saturated heterocycles. The highest BCUT2D eigenvalue weighted by Gasteiger charge is 2.15. The van der Waals surface area contributed by atoms with Crippen LogP contribution in [-0.4, -0.2) is 9.97 Å². The molecule has 0 saturated carbocycles. The first-order chi connectivity index (χ1) is 7.76. The van der Waals surface area contributed by atoms with E-state index in [0.29, 0.717) is 29.1 Å². The Hall–Kier alpha value is -2.35. The molecule has 0 aliphatic carbocycles. The summed E-state index contributed by atoms with van der Waals surface area (Å²) in [5, 5.41) is 9.11. The van der Waals surface area contributed by atoms with Gasteiger partial charge in [0.05, 0.1) is 12.0 Å². The average Bonchev–Trinajstić information content (AvgIpc) is 2.81. The number of nitrogen functional groups attached to an aromatic ring is 1. The van der Waals surface area contributed by atoms with Gasteiger partial charge in [-0.2, -0.15) is 5.26 Å². The lowest BCUT2D eigenvalue weighted by molar-refractivity contribution is 0.579. The Kier molecular flexibility index (Phi) is 2.56. The third kappa shape index (κ3) is 1.61. The summed E-state index contributed by atoms with van der Waals surface area (Å²) in [6, 6.07) is 5.56. The van der Waals surface area contributed by atoms with Crippen LogP contribution in [0.1, 0.15) is 18.2 Å². The van der Waals surface area contributed by atoms with Crippen LogP contribution in [0.4, 0.5) is 5.95 Å². The zero-order valence-electron chi connectivity index (χ0n) is 8.77. The van der Waals surface area contributed by atoms with Gasteiger partial charge in [-0.3, -0.25) is 0 Å². The maximum Gasteiger partial charge on any atom is 0.220 e. The van der Waals surface area contributed by atoms with Gasteiger partial charge in [0.1, 0.15) is 17.3 Å². The predicted octanol–water partition coefficient (Wildman–Crippen LogP) is 1.75. The Morgan fingerprint density at radius 1 is 1.50 bits per heavy atom. The summed E-state index contributed by atoms with van der Waals surface area (Å²) in [6.45, 7) is 1.91. The first kappa shape index (κ1) is 10.2. The molecule has 0 aliphatic heterocycles. The Labute approximate surface area is 92.5 Å². The molecule has 2 rings (SSSR count). The molecule has 5 nitrogen and oxygen atoms in total. The highest BCUT2D eigenvalue weighted by molar-refractivity contribution is 5.64. The lowest BCUT2D eigenvalue weighted by atomic mass is 10.1. The quantitative estimate of drug-likeness (QED) is 0.822. The summed E-state index contributed by atoms with van der Waals surface area (Å²) in [5.41, 5.74) is 7.11. The Morgan fingerprint density at radius 3 is 2.88 bits per heavy atom. The summed E-state index contributed by atoms with van der Waals surface area (Å²) in [6.07, 6.45) is 2.16. The van der Waals surface area contributed by atoms with E-state index in [9.17, 15) is 0 Å². The number of nitriles is 1. The van der Waals surface area contributed by atoms with E-state index in [1.165, 1.54) is 6.26 Å². The Bertz CT molecular complexity index is 540. The van der Waals surface area contributed by atoms with Crippen molar-refractivity contribution in [2.45, 2.75) is 13.3 Å². The van der Waals surface area contributed by atoms with Gasteiger partial charge in [-0.05, 0) is 18.6 Å². The zero-order valence-corrected chi connectivity index (χ0v) is 8.77. The number of hydrogen-bond acceptors (Lipinski definition) is 5. The normalized spacial score (nSPS) is 10.0. The molecule has 0 spiro atoms. The first-order valence-electron chi connectivity index (χ1n) is 4.86. The molecule has 0 atom stereocenters. The van der Waals surface area contributed by atoms with Crippen LogP contribution in [0, 0.1) is 11.3 Å². The molecule has 2 heterocycles. The van der Waals surface area contributed by atoms with Crippen molar-refractivity contribution in [3.8, 4) is 17.5 Å². The SMILES string of the molecule is CCc1nc(N)nc(-c2ccco2)c1C#N. The van der Waals surface area contributed by atoms with Gasteiger partial charge in [0.15, 0.2) is 5.76 Å². The standard InChI is InChI=1S/C11H10N4O/c1-2-8-7(6-12)10(15-11(13)14-8)9-4-3-5-16-9/h3-5H,2H2,1H3,(H2,13,14,15). The Balaban J connectivity index is 2.69. The summed E-state index contributed by atoms with van der Waals surface area (Å²) in [5.74, 6) is 0.683. The van der Waals surface area contributed by atoms with Crippen LogP contribution < -0.4 is 5.73 Å². The number of furan rings is 1. The molecule has 0 bridgehead atoms. The first-order valence-corrected chi connectivity index (χ1v) is 4.86. The van der Waals surface area contributed by atoms with Crippen molar-refractivity contribution in [1.29, 1.82) is 5.26 Å². The molecule has 2 aromatic rings. The van der Waals surface area contributed by atoms with Gasteiger partial charge in [-0.1, -0.05) is 6.92 Å². The molecule has 0 fully saturated rings. The van der Waals surface area contributed by atoms with Crippen LogP contribution in [0.3, 0.4) is 0 Å². The van der Waals surface area contributed by atoms with Gasteiger partial charge in [-0.15, -0.1) is 0 Å². The van der Waals surface area contributed by atoms with E-state index in [0.717, 1.165) is 0 Å². The van der Waals surface area contributed by atoms with Gasteiger partial charge < -0.3 is 10.2 Å². The fourth-order valence-corrected chi connectivity index (χ4v) is 1.49. The number of nitrogens with two attached hydrogens (primary N) is 1. The van der Waals surface area contributed by atoms with Crippen LogP contribution >= 0.6 is 0 Å². The maximum absolute atomic E-state index is 9.11. The van der Waals surface area contributed by atoms with E-state index >= 15 is 0 Å². The molecule has 0 unspecified atom stereocenters. The fourth-order valence-electron chi connectivity index (χ4n) is 1.49. The zero-order chi connectivity index (χ0) is 11.5. The fraction of sp³-hybridized carbons (Fsp3) is 0.182. The molecule has 80 valence electrons. The number of nitrogens with zero attached hydrogens (tertiary/aromatic N) is 3. The predicted molar refractivity (Wildman–Crippen MR) is 58.2 cm³/mol. The minimum absolute atomic E-state index is 0.155. The molecule has 5 heteroatoms. The van der Waals surface area contributed by atoms with Crippen molar-refractivity contribution in [2.75, 3.05) is 5.73 Å². The van der Waals surface area contributed by atoms with E-state index in [2.05, 4.69) is 16.0 Å². The molecule has 16 heavy (non-hydrogen) atoms. The van der Waals surface area contributed by atoms with E-state index in [1.807, 2.05) is 6.92 Å². The lowest BCUT2D eigenvalue weighted by Crippen LogP contribution is -2.04. The second-order valence-corrected chi connectivity index (χ2v) is 3.19. The lowest BCUT2D eigenvalue weighted by Gasteiger charge is -2.05. The molecular formula is C11H10N4O. The highest BCUT2D eigenvalue weighted by Crippen LogP contribution is 2.24.